The first-order valence-corrected chi connectivity index (χ1v) is 7.12. The van der Waals surface area contributed by atoms with Gasteiger partial charge >= 0.3 is 0 Å². The second-order valence-corrected chi connectivity index (χ2v) is 5.58. The summed E-state index contributed by atoms with van der Waals surface area (Å²) in [7, 11) is 0. The number of ether oxygens (including phenoxy) is 1. The lowest BCUT2D eigenvalue weighted by atomic mass is 9.99. The maximum atomic E-state index is 11.6. The maximum absolute atomic E-state index is 11.6. The number of aromatic nitrogens is 1. The van der Waals surface area contributed by atoms with Crippen LogP contribution in [0.4, 0.5) is 5.13 Å². The lowest BCUT2D eigenvalue weighted by molar-refractivity contribution is -0.120. The summed E-state index contributed by atoms with van der Waals surface area (Å²) in [6.45, 7) is 2.71. The number of anilines is 1. The number of thiazole rings is 1. The topological polar surface area (TPSA) is 77.2 Å². The Morgan fingerprint density at radius 2 is 2.50 bits per heavy atom. The monoisotopic (exact) mass is 269 g/mol. The van der Waals surface area contributed by atoms with Gasteiger partial charge in [-0.3, -0.25) is 10.1 Å². The number of fused-ring (bicyclic) bond motifs is 1. The Morgan fingerprint density at radius 3 is 3.28 bits per heavy atom. The molecule has 0 bridgehead atoms. The van der Waals surface area contributed by atoms with Crippen LogP contribution in [-0.2, 0) is 22.4 Å². The number of carbonyl (C=O) groups excluding carboxylic acids is 1. The summed E-state index contributed by atoms with van der Waals surface area (Å²) in [5.41, 5.74) is 7.00. The molecule has 0 spiro atoms. The van der Waals surface area contributed by atoms with Crippen molar-refractivity contribution >= 4 is 22.4 Å². The molecule has 0 unspecified atom stereocenters. The van der Waals surface area contributed by atoms with Gasteiger partial charge in [-0.2, -0.15) is 0 Å². The summed E-state index contributed by atoms with van der Waals surface area (Å²) in [6, 6.07) is 0.231. The first-order valence-electron chi connectivity index (χ1n) is 6.30. The Kier molecular flexibility index (Phi) is 4.68. The van der Waals surface area contributed by atoms with Gasteiger partial charge in [0.25, 0.3) is 5.91 Å². The molecule has 1 aliphatic rings. The lowest BCUT2D eigenvalue weighted by Gasteiger charge is -2.15. The van der Waals surface area contributed by atoms with Crippen LogP contribution >= 0.6 is 11.3 Å². The Labute approximate surface area is 111 Å². The van der Waals surface area contributed by atoms with Crippen molar-refractivity contribution in [2.75, 3.05) is 18.5 Å². The van der Waals surface area contributed by atoms with E-state index in [0.29, 0.717) is 11.7 Å². The molecule has 0 radical (unpaired) electrons. The van der Waals surface area contributed by atoms with Crippen LogP contribution in [0.2, 0.25) is 0 Å². The van der Waals surface area contributed by atoms with E-state index < -0.39 is 0 Å². The standard InChI is InChI=1S/C12H19N3O2S/c1-2-5-17-7-11(16)15-12-14-9-4-3-8(13)6-10(9)18-12/h8H,2-7,13H2,1H3,(H,14,15,16)/t8-/m0/s1. The van der Waals surface area contributed by atoms with Gasteiger partial charge < -0.3 is 10.5 Å². The van der Waals surface area contributed by atoms with E-state index in [0.717, 1.165) is 31.4 Å². The Hall–Kier alpha value is -0.980. The number of nitrogens with zero attached hydrogens (tertiary/aromatic N) is 1. The number of nitrogens with two attached hydrogens (primary N) is 1. The third-order valence-electron chi connectivity index (χ3n) is 2.81. The summed E-state index contributed by atoms with van der Waals surface area (Å²) >= 11 is 1.53. The first kappa shape index (κ1) is 13.5. The molecule has 5 nitrogen and oxygen atoms in total. The summed E-state index contributed by atoms with van der Waals surface area (Å²) in [6.07, 6.45) is 3.67. The fourth-order valence-corrected chi connectivity index (χ4v) is 3.04. The highest BCUT2D eigenvalue weighted by Crippen LogP contribution is 2.29. The van der Waals surface area contributed by atoms with Crippen molar-refractivity contribution in [2.45, 2.75) is 38.6 Å². The molecule has 1 aliphatic carbocycles. The average Bonchev–Trinajstić information content (AvgIpc) is 2.70. The van der Waals surface area contributed by atoms with Gasteiger partial charge in [0, 0.05) is 17.5 Å². The number of rotatable bonds is 5. The van der Waals surface area contributed by atoms with Crippen molar-refractivity contribution in [3.63, 3.8) is 0 Å². The second-order valence-electron chi connectivity index (χ2n) is 4.49. The van der Waals surface area contributed by atoms with Crippen LogP contribution in [0.5, 0.6) is 0 Å². The van der Waals surface area contributed by atoms with Crippen molar-refractivity contribution in [3.8, 4) is 0 Å². The predicted molar refractivity (Wildman–Crippen MR) is 71.9 cm³/mol. The normalized spacial score (nSPS) is 18.4. The number of aryl methyl sites for hydroxylation is 1. The van der Waals surface area contributed by atoms with Crippen LogP contribution in [0.1, 0.15) is 30.3 Å². The van der Waals surface area contributed by atoms with E-state index in [1.807, 2.05) is 6.92 Å². The van der Waals surface area contributed by atoms with Crippen molar-refractivity contribution < 1.29 is 9.53 Å². The lowest BCUT2D eigenvalue weighted by Crippen LogP contribution is -2.27. The predicted octanol–water partition coefficient (Wildman–Crippen LogP) is 1.32. The zero-order valence-electron chi connectivity index (χ0n) is 10.6. The van der Waals surface area contributed by atoms with Gasteiger partial charge in [0.05, 0.1) is 5.69 Å². The summed E-state index contributed by atoms with van der Waals surface area (Å²) < 4.78 is 5.18. The molecule has 1 heterocycles. The number of nitrogens with one attached hydrogen (secondary N) is 1. The Bertz CT molecular complexity index is 419. The van der Waals surface area contributed by atoms with Crippen LogP contribution in [0.25, 0.3) is 0 Å². The summed E-state index contributed by atoms with van der Waals surface area (Å²) in [5, 5.41) is 3.44. The molecule has 0 saturated carbocycles. The van der Waals surface area contributed by atoms with Crippen LogP contribution < -0.4 is 11.1 Å². The average molecular weight is 269 g/mol. The molecular weight excluding hydrogens is 250 g/mol. The van der Waals surface area contributed by atoms with Gasteiger partial charge in [-0.05, 0) is 25.7 Å². The van der Waals surface area contributed by atoms with E-state index in [2.05, 4.69) is 10.3 Å². The largest absolute Gasteiger partial charge is 0.372 e. The molecule has 1 amide bonds. The molecule has 1 aromatic heterocycles. The SMILES string of the molecule is CCCOCC(=O)Nc1nc2c(s1)C[C@@H](N)CC2. The van der Waals surface area contributed by atoms with Gasteiger partial charge in [-0.1, -0.05) is 6.92 Å². The molecule has 100 valence electrons. The molecule has 0 saturated heterocycles. The fourth-order valence-electron chi connectivity index (χ4n) is 1.92. The zero-order valence-corrected chi connectivity index (χ0v) is 11.4. The minimum absolute atomic E-state index is 0.0948. The Balaban J connectivity index is 1.88. The quantitative estimate of drug-likeness (QED) is 0.790. The zero-order chi connectivity index (χ0) is 13.0. The minimum Gasteiger partial charge on any atom is -0.372 e. The number of hydrogen-bond acceptors (Lipinski definition) is 5. The van der Waals surface area contributed by atoms with Crippen LogP contribution in [-0.4, -0.2) is 30.1 Å². The first-order chi connectivity index (χ1) is 8.69. The molecule has 1 atom stereocenters. The number of carbonyl (C=O) groups is 1. The van der Waals surface area contributed by atoms with Crippen LogP contribution in [0.15, 0.2) is 0 Å². The number of hydrogen-bond donors (Lipinski definition) is 2. The van der Waals surface area contributed by atoms with E-state index in [9.17, 15) is 4.79 Å². The third kappa shape index (κ3) is 3.51. The molecule has 3 N–H and O–H groups in total. The molecule has 0 aromatic carbocycles. The molecular formula is C12H19N3O2S. The van der Waals surface area contributed by atoms with Crippen LogP contribution in [0, 0.1) is 0 Å². The van der Waals surface area contributed by atoms with Crippen molar-refractivity contribution in [2.24, 2.45) is 5.73 Å². The van der Waals surface area contributed by atoms with E-state index in [4.69, 9.17) is 10.5 Å². The van der Waals surface area contributed by atoms with Gasteiger partial charge in [0.1, 0.15) is 6.61 Å². The van der Waals surface area contributed by atoms with Gasteiger partial charge in [0.15, 0.2) is 5.13 Å². The van der Waals surface area contributed by atoms with E-state index >= 15 is 0 Å². The highest BCUT2D eigenvalue weighted by molar-refractivity contribution is 7.15. The smallest absolute Gasteiger partial charge is 0.252 e. The molecule has 6 heteroatoms. The van der Waals surface area contributed by atoms with Gasteiger partial charge in [-0.15, -0.1) is 11.3 Å². The summed E-state index contributed by atoms with van der Waals surface area (Å²) in [5.74, 6) is -0.140. The van der Waals surface area contributed by atoms with Crippen molar-refractivity contribution in [3.05, 3.63) is 10.6 Å². The summed E-state index contributed by atoms with van der Waals surface area (Å²) in [4.78, 5) is 17.2. The maximum Gasteiger partial charge on any atom is 0.252 e. The minimum atomic E-state index is -0.140. The molecule has 1 aromatic rings. The third-order valence-corrected chi connectivity index (χ3v) is 3.84. The van der Waals surface area contributed by atoms with Crippen LogP contribution in [0.3, 0.4) is 0 Å². The van der Waals surface area contributed by atoms with E-state index in [1.54, 1.807) is 0 Å². The van der Waals surface area contributed by atoms with Crippen molar-refractivity contribution in [1.82, 2.24) is 4.98 Å². The van der Waals surface area contributed by atoms with Crippen molar-refractivity contribution in [1.29, 1.82) is 0 Å². The molecule has 0 aliphatic heterocycles. The molecule has 18 heavy (non-hydrogen) atoms. The highest BCUT2D eigenvalue weighted by atomic mass is 32.1. The van der Waals surface area contributed by atoms with E-state index in [1.165, 1.54) is 16.2 Å². The second kappa shape index (κ2) is 6.26. The van der Waals surface area contributed by atoms with E-state index in [-0.39, 0.29) is 18.6 Å². The number of amides is 1. The van der Waals surface area contributed by atoms with Gasteiger partial charge in [0.2, 0.25) is 0 Å². The fraction of sp³-hybridized carbons (Fsp3) is 0.667. The highest BCUT2D eigenvalue weighted by Gasteiger charge is 2.20. The van der Waals surface area contributed by atoms with Gasteiger partial charge in [-0.25, -0.2) is 4.98 Å². The Morgan fingerprint density at radius 1 is 1.67 bits per heavy atom. The molecule has 2 rings (SSSR count). The molecule has 0 fully saturated rings.